The molecule has 9 heteroatoms. The van der Waals surface area contributed by atoms with Gasteiger partial charge in [-0.1, -0.05) is 34.8 Å². The second-order valence-electron chi connectivity index (χ2n) is 5.03. The van der Waals surface area contributed by atoms with Gasteiger partial charge >= 0.3 is 0 Å². The Balaban J connectivity index is 2.05. The summed E-state index contributed by atoms with van der Waals surface area (Å²) in [5, 5.41) is 10.9. The number of rotatable bonds is 3. The molecule has 1 aliphatic rings. The van der Waals surface area contributed by atoms with Gasteiger partial charge < -0.3 is 0 Å². The topological polar surface area (TPSA) is 80.5 Å². The predicted octanol–water partition coefficient (Wildman–Crippen LogP) is 4.42. The van der Waals surface area contributed by atoms with Crippen molar-refractivity contribution in [2.45, 2.75) is 0 Å². The Kier molecular flexibility index (Phi) is 4.51. The molecule has 0 aromatic heterocycles. The number of nitrogens with zero attached hydrogens (tertiary/aromatic N) is 2. The number of benzene rings is 2. The first kappa shape index (κ1) is 17.4. The second-order valence-corrected chi connectivity index (χ2v) is 6.26. The van der Waals surface area contributed by atoms with E-state index in [9.17, 15) is 19.7 Å². The van der Waals surface area contributed by atoms with Crippen molar-refractivity contribution in [1.82, 2.24) is 0 Å². The summed E-state index contributed by atoms with van der Waals surface area (Å²) in [6.45, 7) is 0. The van der Waals surface area contributed by atoms with Crippen LogP contribution in [-0.4, -0.2) is 16.7 Å². The van der Waals surface area contributed by atoms with E-state index in [1.54, 1.807) is 0 Å². The molecule has 6 nitrogen and oxygen atoms in total. The van der Waals surface area contributed by atoms with Gasteiger partial charge in [0.15, 0.2) is 0 Å². The number of non-ortho nitro benzene ring substituents is 1. The number of imide groups is 1. The lowest BCUT2D eigenvalue weighted by Gasteiger charge is -2.16. The third-order valence-corrected chi connectivity index (χ3v) is 4.45. The van der Waals surface area contributed by atoms with Crippen molar-refractivity contribution in [2.75, 3.05) is 4.90 Å². The highest BCUT2D eigenvalue weighted by molar-refractivity contribution is 6.60. The molecule has 0 radical (unpaired) electrons. The van der Waals surface area contributed by atoms with Crippen LogP contribution in [0.2, 0.25) is 10.0 Å². The highest BCUT2D eigenvalue weighted by Gasteiger charge is 2.40. The number of anilines is 1. The first-order valence-electron chi connectivity index (χ1n) is 6.79. The van der Waals surface area contributed by atoms with Gasteiger partial charge in [-0.3, -0.25) is 19.7 Å². The quantitative estimate of drug-likeness (QED) is 0.436. The zero-order valence-electron chi connectivity index (χ0n) is 12.2. The highest BCUT2D eigenvalue weighted by Crippen LogP contribution is 2.38. The zero-order chi connectivity index (χ0) is 18.3. The maximum Gasteiger partial charge on any atom is 0.277 e. The lowest BCUT2D eigenvalue weighted by Crippen LogP contribution is -2.31. The Morgan fingerprint density at radius 3 is 2.16 bits per heavy atom. The first-order valence-corrected chi connectivity index (χ1v) is 7.93. The summed E-state index contributed by atoms with van der Waals surface area (Å²) < 4.78 is 0. The number of carbonyl (C=O) groups excluding carboxylic acids is 2. The van der Waals surface area contributed by atoms with Gasteiger partial charge in [0.2, 0.25) is 0 Å². The van der Waals surface area contributed by atoms with E-state index in [1.165, 1.54) is 42.5 Å². The number of hydrogen-bond donors (Lipinski definition) is 0. The fraction of sp³-hybridized carbons (Fsp3) is 0. The largest absolute Gasteiger partial charge is 0.277 e. The van der Waals surface area contributed by atoms with E-state index in [0.717, 1.165) is 4.90 Å². The van der Waals surface area contributed by atoms with E-state index in [0.29, 0.717) is 5.02 Å². The maximum absolute atomic E-state index is 12.7. The van der Waals surface area contributed by atoms with Crippen LogP contribution < -0.4 is 4.90 Å². The van der Waals surface area contributed by atoms with Gasteiger partial charge in [-0.05, 0) is 35.9 Å². The molecule has 2 aromatic rings. The van der Waals surface area contributed by atoms with Gasteiger partial charge in [0.1, 0.15) is 5.03 Å². The van der Waals surface area contributed by atoms with Crippen LogP contribution in [0.25, 0.3) is 5.57 Å². The average molecular weight is 398 g/mol. The molecule has 2 amide bonds. The molecule has 0 atom stereocenters. The Labute approximate surface area is 156 Å². The molecular formula is C16H7Cl3N2O4. The van der Waals surface area contributed by atoms with Crippen LogP contribution in [0.3, 0.4) is 0 Å². The fourth-order valence-electron chi connectivity index (χ4n) is 2.38. The van der Waals surface area contributed by atoms with Crippen molar-refractivity contribution in [3.63, 3.8) is 0 Å². The van der Waals surface area contributed by atoms with Crippen molar-refractivity contribution < 1.29 is 14.5 Å². The number of hydrogen-bond acceptors (Lipinski definition) is 4. The molecule has 0 fully saturated rings. The number of nitro benzene ring substituents is 1. The van der Waals surface area contributed by atoms with E-state index >= 15 is 0 Å². The normalized spacial score (nSPS) is 14.4. The smallest absolute Gasteiger partial charge is 0.268 e. The van der Waals surface area contributed by atoms with E-state index in [4.69, 9.17) is 34.8 Å². The Hall–Kier alpha value is -2.41. The third kappa shape index (κ3) is 3.00. The van der Waals surface area contributed by atoms with E-state index in [1.807, 2.05) is 0 Å². The van der Waals surface area contributed by atoms with Gasteiger partial charge in [0, 0.05) is 17.2 Å². The molecule has 25 heavy (non-hydrogen) atoms. The lowest BCUT2D eigenvalue weighted by molar-refractivity contribution is -0.384. The summed E-state index contributed by atoms with van der Waals surface area (Å²) in [6, 6.07) is 9.50. The van der Waals surface area contributed by atoms with Crippen LogP contribution in [0.1, 0.15) is 5.56 Å². The second kappa shape index (κ2) is 6.48. The standard InChI is InChI=1S/C16H7Cl3N2O4/c17-9-3-6-11(18)12(7-9)20-15(22)13(14(19)16(20)23)8-1-4-10(5-2-8)21(24)25/h1-7H. The minimum Gasteiger partial charge on any atom is -0.268 e. The minimum atomic E-state index is -0.746. The van der Waals surface area contributed by atoms with E-state index in [2.05, 4.69) is 0 Å². The first-order chi connectivity index (χ1) is 11.8. The molecule has 0 bridgehead atoms. The van der Waals surface area contributed by atoms with Crippen LogP contribution in [0, 0.1) is 10.1 Å². The van der Waals surface area contributed by atoms with Crippen LogP contribution in [0.5, 0.6) is 0 Å². The molecule has 3 rings (SSSR count). The Morgan fingerprint density at radius 1 is 0.920 bits per heavy atom. The van der Waals surface area contributed by atoms with Crippen molar-refractivity contribution in [3.05, 3.63) is 73.2 Å². The van der Waals surface area contributed by atoms with Crippen molar-refractivity contribution in [2.24, 2.45) is 0 Å². The van der Waals surface area contributed by atoms with E-state index in [-0.39, 0.29) is 32.6 Å². The van der Waals surface area contributed by atoms with Gasteiger partial charge in [-0.25, -0.2) is 4.90 Å². The highest BCUT2D eigenvalue weighted by atomic mass is 35.5. The van der Waals surface area contributed by atoms with Gasteiger partial charge in [-0.2, -0.15) is 0 Å². The molecule has 0 aliphatic carbocycles. The molecule has 126 valence electrons. The molecule has 0 saturated heterocycles. The molecule has 0 unspecified atom stereocenters. The van der Waals surface area contributed by atoms with Crippen LogP contribution in [0.4, 0.5) is 11.4 Å². The van der Waals surface area contributed by atoms with Gasteiger partial charge in [0.25, 0.3) is 17.5 Å². The van der Waals surface area contributed by atoms with Crippen LogP contribution >= 0.6 is 34.8 Å². The van der Waals surface area contributed by atoms with Gasteiger partial charge in [-0.15, -0.1) is 0 Å². The third-order valence-electron chi connectivity index (χ3n) is 3.54. The summed E-state index contributed by atoms with van der Waals surface area (Å²) >= 11 is 18.0. The number of amides is 2. The predicted molar refractivity (Wildman–Crippen MR) is 94.8 cm³/mol. The molecule has 0 N–H and O–H groups in total. The monoisotopic (exact) mass is 396 g/mol. The maximum atomic E-state index is 12.7. The SMILES string of the molecule is O=C1C(Cl)=C(c2ccc([N+](=O)[O-])cc2)C(=O)N1c1cc(Cl)ccc1Cl. The molecule has 0 saturated carbocycles. The van der Waals surface area contributed by atoms with Gasteiger partial charge in [0.05, 0.1) is 21.2 Å². The molecule has 1 aliphatic heterocycles. The van der Waals surface area contributed by atoms with Crippen molar-refractivity contribution >= 4 is 63.6 Å². The summed E-state index contributed by atoms with van der Waals surface area (Å²) in [5.41, 5.74) is 0.193. The summed E-state index contributed by atoms with van der Waals surface area (Å²) in [6.07, 6.45) is 0. The van der Waals surface area contributed by atoms with Crippen LogP contribution in [-0.2, 0) is 9.59 Å². The molecular weight excluding hydrogens is 391 g/mol. The molecule has 1 heterocycles. The number of halogens is 3. The van der Waals surface area contributed by atoms with E-state index < -0.39 is 16.7 Å². The summed E-state index contributed by atoms with van der Waals surface area (Å²) in [5.74, 6) is -1.43. The Bertz CT molecular complexity index is 954. The minimum absolute atomic E-state index is 0.0578. The van der Waals surface area contributed by atoms with Crippen molar-refractivity contribution in [1.29, 1.82) is 0 Å². The molecule has 2 aromatic carbocycles. The molecule has 0 spiro atoms. The average Bonchev–Trinajstić information content (AvgIpc) is 2.80. The van der Waals surface area contributed by atoms with Crippen molar-refractivity contribution in [3.8, 4) is 0 Å². The van der Waals surface area contributed by atoms with Crippen LogP contribution in [0.15, 0.2) is 47.5 Å². The fourth-order valence-corrected chi connectivity index (χ4v) is 3.02. The summed E-state index contributed by atoms with van der Waals surface area (Å²) in [4.78, 5) is 36.2. The Morgan fingerprint density at radius 2 is 1.56 bits per heavy atom. The number of nitro groups is 1. The number of carbonyl (C=O) groups is 2. The zero-order valence-corrected chi connectivity index (χ0v) is 14.5. The lowest BCUT2D eigenvalue weighted by atomic mass is 10.1. The summed E-state index contributed by atoms with van der Waals surface area (Å²) in [7, 11) is 0.